The molecule has 2 aliphatic rings. The Morgan fingerprint density at radius 1 is 1.29 bits per heavy atom. The average molecular weight is 334 g/mol. The van der Waals surface area contributed by atoms with Crippen molar-refractivity contribution in [2.24, 2.45) is 0 Å². The zero-order valence-electron chi connectivity index (χ0n) is 15.0. The molecule has 7 heteroatoms. The molecule has 2 amide bonds. The van der Waals surface area contributed by atoms with E-state index in [1.807, 2.05) is 32.6 Å². The number of piperazine rings is 1. The Morgan fingerprint density at radius 2 is 2.00 bits per heavy atom. The smallest absolute Gasteiger partial charge is 0.275 e. The van der Waals surface area contributed by atoms with Gasteiger partial charge in [0.15, 0.2) is 5.69 Å². The summed E-state index contributed by atoms with van der Waals surface area (Å²) in [6, 6.07) is 0. The lowest BCUT2D eigenvalue weighted by Gasteiger charge is -2.46. The van der Waals surface area contributed by atoms with E-state index in [1.54, 1.807) is 11.8 Å². The van der Waals surface area contributed by atoms with E-state index in [0.717, 1.165) is 11.3 Å². The molecule has 0 aromatic carbocycles. The third-order valence-electron chi connectivity index (χ3n) is 5.03. The van der Waals surface area contributed by atoms with Gasteiger partial charge in [-0.25, -0.2) is 0 Å². The summed E-state index contributed by atoms with van der Waals surface area (Å²) < 4.78 is 5.79. The van der Waals surface area contributed by atoms with Crippen LogP contribution >= 0.6 is 0 Å². The number of nitrogens with zero attached hydrogens (tertiary/aromatic N) is 3. The Morgan fingerprint density at radius 3 is 2.62 bits per heavy atom. The Labute approximate surface area is 142 Å². The van der Waals surface area contributed by atoms with Crippen LogP contribution in [0.2, 0.25) is 0 Å². The standard InChI is InChI=1S/C17H26N4O3/c1-10-8-13-14(11(2)24-10)18-19-15(13)16(23)21-7-6-20(12(3)22)9-17(21,4)5/h10-11H,6-9H2,1-5H3,(H,18,19)/t10-,11+/m1/s1. The predicted molar refractivity (Wildman–Crippen MR) is 88.6 cm³/mol. The van der Waals surface area contributed by atoms with Crippen LogP contribution in [0.3, 0.4) is 0 Å². The number of nitrogens with one attached hydrogen (secondary N) is 1. The lowest BCUT2D eigenvalue weighted by Crippen LogP contribution is -2.62. The summed E-state index contributed by atoms with van der Waals surface area (Å²) >= 11 is 0. The third kappa shape index (κ3) is 2.81. The van der Waals surface area contributed by atoms with Crippen molar-refractivity contribution < 1.29 is 14.3 Å². The second kappa shape index (κ2) is 5.88. The van der Waals surface area contributed by atoms with Crippen molar-refractivity contribution in [1.82, 2.24) is 20.0 Å². The van der Waals surface area contributed by atoms with Gasteiger partial charge >= 0.3 is 0 Å². The van der Waals surface area contributed by atoms with Crippen LogP contribution in [-0.2, 0) is 16.0 Å². The summed E-state index contributed by atoms with van der Waals surface area (Å²) in [4.78, 5) is 28.4. The van der Waals surface area contributed by atoms with Crippen LogP contribution in [0.4, 0.5) is 0 Å². The molecule has 1 aromatic heterocycles. The zero-order chi connectivity index (χ0) is 17.6. The molecular weight excluding hydrogens is 308 g/mol. The van der Waals surface area contributed by atoms with Crippen LogP contribution < -0.4 is 0 Å². The molecular formula is C17H26N4O3. The van der Waals surface area contributed by atoms with Crippen molar-refractivity contribution in [3.63, 3.8) is 0 Å². The molecule has 0 radical (unpaired) electrons. The zero-order valence-corrected chi connectivity index (χ0v) is 15.0. The molecule has 0 unspecified atom stereocenters. The maximum absolute atomic E-state index is 13.1. The highest BCUT2D eigenvalue weighted by atomic mass is 16.5. The Hall–Kier alpha value is -1.89. The van der Waals surface area contributed by atoms with E-state index in [4.69, 9.17) is 4.74 Å². The molecule has 0 spiro atoms. The van der Waals surface area contributed by atoms with Crippen molar-refractivity contribution in [2.45, 2.75) is 58.8 Å². The SMILES string of the molecule is CC(=O)N1CCN(C(=O)c2n[nH]c3c2C[C@@H](C)O[C@H]3C)C(C)(C)C1. The summed E-state index contributed by atoms with van der Waals surface area (Å²) in [5, 5.41) is 7.28. The van der Waals surface area contributed by atoms with Crippen molar-refractivity contribution in [3.8, 4) is 0 Å². The molecule has 3 rings (SSSR count). The second-order valence-electron chi connectivity index (χ2n) is 7.47. The molecule has 0 saturated carbocycles. The summed E-state index contributed by atoms with van der Waals surface area (Å²) in [6.07, 6.45) is 0.671. The number of aromatic amines is 1. The van der Waals surface area contributed by atoms with E-state index < -0.39 is 5.54 Å². The Bertz CT molecular complexity index is 667. The van der Waals surface area contributed by atoms with Gasteiger partial charge in [0.05, 0.1) is 23.4 Å². The van der Waals surface area contributed by atoms with Crippen LogP contribution in [0, 0.1) is 0 Å². The highest BCUT2D eigenvalue weighted by Gasteiger charge is 2.40. The van der Waals surface area contributed by atoms with Crippen LogP contribution in [0.25, 0.3) is 0 Å². The van der Waals surface area contributed by atoms with E-state index >= 15 is 0 Å². The Kier molecular flexibility index (Phi) is 4.15. The van der Waals surface area contributed by atoms with E-state index in [1.165, 1.54) is 0 Å². The molecule has 132 valence electrons. The molecule has 0 bridgehead atoms. The van der Waals surface area contributed by atoms with Gasteiger partial charge in [0.1, 0.15) is 0 Å². The van der Waals surface area contributed by atoms with Gasteiger partial charge in [-0.05, 0) is 27.7 Å². The third-order valence-corrected chi connectivity index (χ3v) is 5.03. The number of aromatic nitrogens is 2. The first-order valence-corrected chi connectivity index (χ1v) is 8.51. The van der Waals surface area contributed by atoms with Gasteiger partial charge in [-0.15, -0.1) is 0 Å². The number of hydrogen-bond acceptors (Lipinski definition) is 4. The highest BCUT2D eigenvalue weighted by Crippen LogP contribution is 2.32. The fourth-order valence-electron chi connectivity index (χ4n) is 3.78. The molecule has 7 nitrogen and oxygen atoms in total. The fraction of sp³-hybridized carbons (Fsp3) is 0.706. The quantitative estimate of drug-likeness (QED) is 0.844. The minimum atomic E-state index is -0.421. The largest absolute Gasteiger partial charge is 0.369 e. The molecule has 1 N–H and O–H groups in total. The predicted octanol–water partition coefficient (Wildman–Crippen LogP) is 1.51. The first-order valence-electron chi connectivity index (χ1n) is 8.51. The molecule has 0 aliphatic carbocycles. The maximum Gasteiger partial charge on any atom is 0.275 e. The summed E-state index contributed by atoms with van der Waals surface area (Å²) in [7, 11) is 0. The van der Waals surface area contributed by atoms with Crippen LogP contribution in [0.1, 0.15) is 62.5 Å². The fourth-order valence-corrected chi connectivity index (χ4v) is 3.78. The van der Waals surface area contributed by atoms with Crippen LogP contribution in [-0.4, -0.2) is 63.1 Å². The highest BCUT2D eigenvalue weighted by molar-refractivity contribution is 5.95. The van der Waals surface area contributed by atoms with E-state index in [0.29, 0.717) is 31.7 Å². The molecule has 3 heterocycles. The summed E-state index contributed by atoms with van der Waals surface area (Å²) in [6.45, 7) is 11.2. The number of carbonyl (C=O) groups is 2. The summed E-state index contributed by atoms with van der Waals surface area (Å²) in [5.41, 5.74) is 1.94. The van der Waals surface area contributed by atoms with Gasteiger partial charge in [0.2, 0.25) is 5.91 Å². The van der Waals surface area contributed by atoms with Gasteiger partial charge in [-0.3, -0.25) is 14.7 Å². The Balaban J connectivity index is 1.87. The van der Waals surface area contributed by atoms with Gasteiger partial charge < -0.3 is 14.5 Å². The monoisotopic (exact) mass is 334 g/mol. The van der Waals surface area contributed by atoms with E-state index in [-0.39, 0.29) is 24.0 Å². The van der Waals surface area contributed by atoms with Crippen molar-refractivity contribution in [2.75, 3.05) is 19.6 Å². The number of ether oxygens (including phenoxy) is 1. The van der Waals surface area contributed by atoms with Crippen molar-refractivity contribution in [3.05, 3.63) is 17.0 Å². The van der Waals surface area contributed by atoms with Crippen LogP contribution in [0.5, 0.6) is 0 Å². The number of amides is 2. The van der Waals surface area contributed by atoms with Gasteiger partial charge in [-0.2, -0.15) is 5.10 Å². The number of fused-ring (bicyclic) bond motifs is 1. The van der Waals surface area contributed by atoms with Crippen molar-refractivity contribution >= 4 is 11.8 Å². The molecule has 1 fully saturated rings. The normalized spacial score (nSPS) is 26.2. The van der Waals surface area contributed by atoms with Crippen LogP contribution in [0.15, 0.2) is 0 Å². The average Bonchev–Trinajstić information content (AvgIpc) is 2.89. The number of hydrogen-bond donors (Lipinski definition) is 1. The minimum absolute atomic E-state index is 0.0483. The first kappa shape index (κ1) is 17.0. The van der Waals surface area contributed by atoms with Gasteiger partial charge in [-0.1, -0.05) is 0 Å². The number of H-pyrrole nitrogens is 1. The van der Waals surface area contributed by atoms with Gasteiger partial charge in [0, 0.05) is 38.5 Å². The van der Waals surface area contributed by atoms with E-state index in [2.05, 4.69) is 10.2 Å². The van der Waals surface area contributed by atoms with Crippen molar-refractivity contribution in [1.29, 1.82) is 0 Å². The van der Waals surface area contributed by atoms with Gasteiger partial charge in [0.25, 0.3) is 5.91 Å². The first-order chi connectivity index (χ1) is 11.2. The van der Waals surface area contributed by atoms with E-state index in [9.17, 15) is 9.59 Å². The molecule has 2 aliphatic heterocycles. The lowest BCUT2D eigenvalue weighted by molar-refractivity contribution is -0.133. The maximum atomic E-state index is 13.1. The lowest BCUT2D eigenvalue weighted by atomic mass is 9.95. The second-order valence-corrected chi connectivity index (χ2v) is 7.47. The summed E-state index contributed by atoms with van der Waals surface area (Å²) in [5.74, 6) is -0.0193. The molecule has 1 saturated heterocycles. The topological polar surface area (TPSA) is 78.5 Å². The molecule has 24 heavy (non-hydrogen) atoms. The number of carbonyl (C=O) groups excluding carboxylic acids is 2. The minimum Gasteiger partial charge on any atom is -0.369 e. The number of rotatable bonds is 1. The molecule has 1 aromatic rings. The molecule has 2 atom stereocenters.